The summed E-state index contributed by atoms with van der Waals surface area (Å²) in [5.74, 6) is 1.57. The Balaban J connectivity index is 2.01. The Bertz CT molecular complexity index is 365. The molecule has 1 aromatic carbocycles. The van der Waals surface area contributed by atoms with Crippen LogP contribution in [0, 0.1) is 11.8 Å². The summed E-state index contributed by atoms with van der Waals surface area (Å²) in [6, 6.07) is 5.74. The van der Waals surface area contributed by atoms with Crippen LogP contribution in [0.1, 0.15) is 18.4 Å². The lowest BCUT2D eigenvalue weighted by Crippen LogP contribution is -2.35. The summed E-state index contributed by atoms with van der Waals surface area (Å²) in [6.45, 7) is 1.11. The molecule has 2 rings (SSSR count). The van der Waals surface area contributed by atoms with E-state index in [2.05, 4.69) is 5.32 Å². The van der Waals surface area contributed by atoms with Crippen LogP contribution in [0.25, 0.3) is 0 Å². The lowest BCUT2D eigenvalue weighted by Gasteiger charge is -2.37. The van der Waals surface area contributed by atoms with Crippen LogP contribution in [0.5, 0.6) is 0 Å². The first kappa shape index (κ1) is 12.2. The van der Waals surface area contributed by atoms with Crippen LogP contribution in [0.3, 0.4) is 0 Å². The molecule has 0 aromatic heterocycles. The van der Waals surface area contributed by atoms with Gasteiger partial charge in [0.15, 0.2) is 0 Å². The van der Waals surface area contributed by atoms with Crippen molar-refractivity contribution in [1.29, 1.82) is 0 Å². The van der Waals surface area contributed by atoms with Crippen molar-refractivity contribution in [2.24, 2.45) is 11.8 Å². The molecule has 88 valence electrons. The second-order valence-corrected chi connectivity index (χ2v) is 5.44. The molecule has 2 atom stereocenters. The highest BCUT2D eigenvalue weighted by Crippen LogP contribution is 2.37. The number of benzene rings is 1. The van der Waals surface area contributed by atoms with Crippen LogP contribution < -0.4 is 5.32 Å². The van der Waals surface area contributed by atoms with E-state index in [4.69, 9.17) is 23.2 Å². The van der Waals surface area contributed by atoms with Crippen LogP contribution in [-0.4, -0.2) is 13.6 Å². The fourth-order valence-electron chi connectivity index (χ4n) is 2.42. The second kappa shape index (κ2) is 5.39. The normalized spacial score (nSPS) is 24.2. The van der Waals surface area contributed by atoms with Gasteiger partial charge in [0.25, 0.3) is 0 Å². The van der Waals surface area contributed by atoms with E-state index in [1.807, 2.05) is 25.2 Å². The minimum absolute atomic E-state index is 0.767. The Kier molecular flexibility index (Phi) is 4.12. The third-order valence-electron chi connectivity index (χ3n) is 3.53. The van der Waals surface area contributed by atoms with Crippen molar-refractivity contribution < 1.29 is 0 Å². The first-order valence-corrected chi connectivity index (χ1v) is 6.55. The van der Waals surface area contributed by atoms with Gasteiger partial charge in [0.1, 0.15) is 0 Å². The lowest BCUT2D eigenvalue weighted by molar-refractivity contribution is 0.174. The molecule has 0 amide bonds. The SMILES string of the molecule is CNCC1CCC1Cc1cc(Cl)ccc1Cl. The Morgan fingerprint density at radius 2 is 2.00 bits per heavy atom. The maximum Gasteiger partial charge on any atom is 0.0439 e. The van der Waals surface area contributed by atoms with E-state index in [1.54, 1.807) is 0 Å². The monoisotopic (exact) mass is 257 g/mol. The van der Waals surface area contributed by atoms with Gasteiger partial charge in [0, 0.05) is 10.0 Å². The molecular formula is C13H17Cl2N. The number of nitrogens with one attached hydrogen (secondary N) is 1. The molecule has 0 heterocycles. The molecule has 3 heteroatoms. The topological polar surface area (TPSA) is 12.0 Å². The number of rotatable bonds is 4. The maximum atomic E-state index is 6.17. The zero-order valence-electron chi connectivity index (χ0n) is 9.47. The van der Waals surface area contributed by atoms with Gasteiger partial charge < -0.3 is 5.32 Å². The van der Waals surface area contributed by atoms with E-state index in [0.717, 1.165) is 34.8 Å². The molecule has 1 aliphatic carbocycles. The van der Waals surface area contributed by atoms with Crippen LogP contribution in [0.2, 0.25) is 10.0 Å². The van der Waals surface area contributed by atoms with Crippen molar-refractivity contribution in [3.63, 3.8) is 0 Å². The molecule has 0 radical (unpaired) electrons. The molecule has 1 fully saturated rings. The smallest absolute Gasteiger partial charge is 0.0439 e. The van der Waals surface area contributed by atoms with E-state index in [-0.39, 0.29) is 0 Å². The van der Waals surface area contributed by atoms with Crippen LogP contribution >= 0.6 is 23.2 Å². The summed E-state index contributed by atoms with van der Waals surface area (Å²) in [4.78, 5) is 0. The lowest BCUT2D eigenvalue weighted by atomic mass is 9.71. The van der Waals surface area contributed by atoms with E-state index >= 15 is 0 Å². The Hall–Kier alpha value is -0.240. The summed E-state index contributed by atoms with van der Waals surface area (Å²) in [6.07, 6.45) is 3.71. The standard InChI is InChI=1S/C13H17Cl2N/c1-16-8-10-3-2-9(10)6-11-7-12(14)4-5-13(11)15/h4-5,7,9-10,16H,2-3,6,8H2,1H3. The highest BCUT2D eigenvalue weighted by Gasteiger charge is 2.30. The Morgan fingerprint density at radius 3 is 2.62 bits per heavy atom. The molecule has 1 aromatic rings. The fraction of sp³-hybridized carbons (Fsp3) is 0.538. The van der Waals surface area contributed by atoms with Crippen molar-refractivity contribution in [3.8, 4) is 0 Å². The molecule has 0 spiro atoms. The van der Waals surface area contributed by atoms with Crippen molar-refractivity contribution in [1.82, 2.24) is 5.32 Å². The summed E-state index contributed by atoms with van der Waals surface area (Å²) in [5, 5.41) is 4.88. The molecule has 1 saturated carbocycles. The Labute approximate surface area is 107 Å². The molecule has 16 heavy (non-hydrogen) atoms. The molecule has 0 saturated heterocycles. The number of hydrogen-bond donors (Lipinski definition) is 1. The predicted octanol–water partition coefficient (Wildman–Crippen LogP) is 3.78. The van der Waals surface area contributed by atoms with E-state index in [1.165, 1.54) is 18.4 Å². The van der Waals surface area contributed by atoms with Gasteiger partial charge in [-0.05, 0) is 68.5 Å². The zero-order chi connectivity index (χ0) is 11.5. The molecule has 0 bridgehead atoms. The van der Waals surface area contributed by atoms with Crippen molar-refractivity contribution in [3.05, 3.63) is 33.8 Å². The Morgan fingerprint density at radius 1 is 1.25 bits per heavy atom. The van der Waals surface area contributed by atoms with Crippen LogP contribution in [0.15, 0.2) is 18.2 Å². The van der Waals surface area contributed by atoms with Gasteiger partial charge in [-0.15, -0.1) is 0 Å². The number of hydrogen-bond acceptors (Lipinski definition) is 1. The first-order valence-electron chi connectivity index (χ1n) is 5.79. The second-order valence-electron chi connectivity index (χ2n) is 4.60. The van der Waals surface area contributed by atoms with E-state index < -0.39 is 0 Å². The van der Waals surface area contributed by atoms with Gasteiger partial charge in [-0.1, -0.05) is 23.2 Å². The van der Waals surface area contributed by atoms with Crippen molar-refractivity contribution in [2.45, 2.75) is 19.3 Å². The van der Waals surface area contributed by atoms with Gasteiger partial charge in [-0.3, -0.25) is 0 Å². The highest BCUT2D eigenvalue weighted by molar-refractivity contribution is 6.33. The largest absolute Gasteiger partial charge is 0.319 e. The third kappa shape index (κ3) is 2.71. The van der Waals surface area contributed by atoms with Gasteiger partial charge in [-0.2, -0.15) is 0 Å². The summed E-state index contributed by atoms with van der Waals surface area (Å²) < 4.78 is 0. The molecule has 1 N–H and O–H groups in total. The minimum Gasteiger partial charge on any atom is -0.319 e. The van der Waals surface area contributed by atoms with E-state index in [9.17, 15) is 0 Å². The van der Waals surface area contributed by atoms with Gasteiger partial charge >= 0.3 is 0 Å². The molecule has 1 nitrogen and oxygen atoms in total. The molecule has 2 unspecified atom stereocenters. The average molecular weight is 258 g/mol. The maximum absolute atomic E-state index is 6.17. The average Bonchev–Trinajstić information content (AvgIpc) is 2.25. The highest BCUT2D eigenvalue weighted by atomic mass is 35.5. The van der Waals surface area contributed by atoms with Crippen LogP contribution in [0.4, 0.5) is 0 Å². The zero-order valence-corrected chi connectivity index (χ0v) is 11.0. The van der Waals surface area contributed by atoms with Crippen LogP contribution in [-0.2, 0) is 6.42 Å². The minimum atomic E-state index is 0.767. The predicted molar refractivity (Wildman–Crippen MR) is 70.3 cm³/mol. The quantitative estimate of drug-likeness (QED) is 0.866. The van der Waals surface area contributed by atoms with Crippen molar-refractivity contribution >= 4 is 23.2 Å². The first-order chi connectivity index (χ1) is 7.70. The summed E-state index contributed by atoms with van der Waals surface area (Å²) in [7, 11) is 2.02. The fourth-order valence-corrected chi connectivity index (χ4v) is 2.81. The van der Waals surface area contributed by atoms with Crippen molar-refractivity contribution in [2.75, 3.05) is 13.6 Å². The molecule has 1 aliphatic rings. The third-order valence-corrected chi connectivity index (χ3v) is 4.13. The summed E-state index contributed by atoms with van der Waals surface area (Å²) >= 11 is 12.2. The van der Waals surface area contributed by atoms with Gasteiger partial charge in [-0.25, -0.2) is 0 Å². The van der Waals surface area contributed by atoms with Gasteiger partial charge in [0.2, 0.25) is 0 Å². The number of halogens is 2. The van der Waals surface area contributed by atoms with Gasteiger partial charge in [0.05, 0.1) is 0 Å². The van der Waals surface area contributed by atoms with E-state index in [0.29, 0.717) is 0 Å². The molecular weight excluding hydrogens is 241 g/mol. The summed E-state index contributed by atoms with van der Waals surface area (Å²) in [5.41, 5.74) is 1.19. The molecule has 0 aliphatic heterocycles.